The Balaban J connectivity index is 1.04. The van der Waals surface area contributed by atoms with Gasteiger partial charge in [-0.15, -0.1) is 11.3 Å². The van der Waals surface area contributed by atoms with Gasteiger partial charge in [0.15, 0.2) is 5.13 Å². The fraction of sp³-hybridized carbons (Fsp3) is 0.212. The Kier molecular flexibility index (Phi) is 9.34. The van der Waals surface area contributed by atoms with Crippen molar-refractivity contribution in [1.29, 1.82) is 0 Å². The Bertz CT molecular complexity index is 1780. The fourth-order valence-electron chi connectivity index (χ4n) is 5.17. The zero-order chi connectivity index (χ0) is 31.2. The number of aromatic nitrogens is 2. The van der Waals surface area contributed by atoms with Crippen molar-refractivity contribution in [3.05, 3.63) is 95.4 Å². The predicted molar refractivity (Wildman–Crippen MR) is 181 cm³/mol. The molecule has 1 fully saturated rings. The van der Waals surface area contributed by atoms with Gasteiger partial charge in [0.05, 0.1) is 12.8 Å². The van der Waals surface area contributed by atoms with Crippen molar-refractivity contribution in [2.45, 2.75) is 25.4 Å². The molecule has 12 heteroatoms. The second-order valence-corrected chi connectivity index (χ2v) is 12.5. The summed E-state index contributed by atoms with van der Waals surface area (Å²) < 4.78 is 5.22. The van der Waals surface area contributed by atoms with Crippen LogP contribution in [0.15, 0.2) is 84.2 Å². The molecule has 0 bridgehead atoms. The number of likely N-dealkylation sites (tertiary alicyclic amines) is 1. The lowest BCUT2D eigenvalue weighted by Gasteiger charge is -2.32. The van der Waals surface area contributed by atoms with Gasteiger partial charge in [0.1, 0.15) is 21.5 Å². The summed E-state index contributed by atoms with van der Waals surface area (Å²) in [4.78, 5) is 37.8. The predicted octanol–water partition coefficient (Wildman–Crippen LogP) is 6.56. The molecule has 45 heavy (non-hydrogen) atoms. The normalized spacial score (nSPS) is 13.7. The lowest BCUT2D eigenvalue weighted by Crippen LogP contribution is -2.45. The summed E-state index contributed by atoms with van der Waals surface area (Å²) in [6.45, 7) is 2.78. The van der Waals surface area contributed by atoms with E-state index in [1.807, 2.05) is 35.7 Å². The molecule has 3 amide bonds. The zero-order valence-corrected chi connectivity index (χ0v) is 26.3. The van der Waals surface area contributed by atoms with Gasteiger partial charge < -0.3 is 21.1 Å². The molecule has 0 radical (unpaired) electrons. The highest BCUT2D eigenvalue weighted by Gasteiger charge is 2.22. The van der Waals surface area contributed by atoms with Gasteiger partial charge in [-0.25, -0.2) is 14.8 Å². The maximum atomic E-state index is 12.8. The van der Waals surface area contributed by atoms with Gasteiger partial charge in [-0.2, -0.15) is 0 Å². The third kappa shape index (κ3) is 7.66. The van der Waals surface area contributed by atoms with E-state index in [0.29, 0.717) is 37.8 Å². The first kappa shape index (κ1) is 30.3. The van der Waals surface area contributed by atoms with Crippen LogP contribution in [0.5, 0.6) is 5.75 Å². The SMILES string of the molecule is COc1cccc(C(=O)Nc2cccc(-c3csc(-c4sc(NC(=O)NC5CCN(Cc6ccccc6)CC5)nc4N)n3)c2)c1. The average Bonchev–Trinajstić information content (AvgIpc) is 3.69. The largest absolute Gasteiger partial charge is 0.497 e. The standard InChI is InChI=1S/C33H33N7O3S2/c1-43-26-12-6-10-23(18-26)30(41)35-25-11-5-9-22(17-25)27-20-44-31(37-27)28-29(34)38-33(45-28)39-32(42)36-24-13-15-40(16-14-24)19-21-7-3-2-4-8-21/h2-12,17-18,20,24H,13-16,19,34H2,1H3,(H,35,41)(H2,36,38,39,42). The molecule has 0 atom stereocenters. The third-order valence-corrected chi connectivity index (χ3v) is 9.47. The van der Waals surface area contributed by atoms with Crippen molar-refractivity contribution in [3.8, 4) is 26.9 Å². The van der Waals surface area contributed by atoms with E-state index in [1.165, 1.54) is 28.2 Å². The number of hydrogen-bond acceptors (Lipinski definition) is 9. The molecule has 0 unspecified atom stereocenters. The molecule has 0 spiro atoms. The van der Waals surface area contributed by atoms with E-state index in [1.54, 1.807) is 31.4 Å². The molecular formula is C33H33N7O3S2. The van der Waals surface area contributed by atoms with Crippen LogP contribution in [0.2, 0.25) is 0 Å². The van der Waals surface area contributed by atoms with Crippen molar-refractivity contribution in [1.82, 2.24) is 20.2 Å². The molecular weight excluding hydrogens is 607 g/mol. The molecule has 230 valence electrons. The summed E-state index contributed by atoms with van der Waals surface area (Å²) >= 11 is 2.73. The van der Waals surface area contributed by atoms with Gasteiger partial charge in [-0.05, 0) is 48.7 Å². The number of methoxy groups -OCH3 is 1. The van der Waals surface area contributed by atoms with E-state index in [4.69, 9.17) is 15.5 Å². The number of rotatable bonds is 9. The molecule has 5 N–H and O–H groups in total. The van der Waals surface area contributed by atoms with E-state index in [-0.39, 0.29) is 18.0 Å². The third-order valence-electron chi connectivity index (χ3n) is 7.49. The maximum Gasteiger partial charge on any atom is 0.321 e. The van der Waals surface area contributed by atoms with Gasteiger partial charge in [0.25, 0.3) is 5.91 Å². The first-order valence-electron chi connectivity index (χ1n) is 14.6. The molecule has 0 saturated carbocycles. The molecule has 5 aromatic rings. The Morgan fingerprint density at radius 2 is 1.78 bits per heavy atom. The summed E-state index contributed by atoms with van der Waals surface area (Å²) in [5, 5.41) is 11.9. The molecule has 1 aliphatic heterocycles. The lowest BCUT2D eigenvalue weighted by atomic mass is 10.0. The average molecular weight is 640 g/mol. The van der Waals surface area contributed by atoms with Gasteiger partial charge in [-0.3, -0.25) is 15.0 Å². The number of anilines is 3. The number of thiazole rings is 2. The quantitative estimate of drug-likeness (QED) is 0.143. The molecule has 2 aromatic heterocycles. The Labute approximate surface area is 269 Å². The summed E-state index contributed by atoms with van der Waals surface area (Å²) in [6.07, 6.45) is 1.78. The van der Waals surface area contributed by atoms with E-state index >= 15 is 0 Å². The van der Waals surface area contributed by atoms with E-state index in [0.717, 1.165) is 43.7 Å². The highest BCUT2D eigenvalue weighted by Crippen LogP contribution is 2.38. The van der Waals surface area contributed by atoms with Crippen molar-refractivity contribution in [2.24, 2.45) is 0 Å². The lowest BCUT2D eigenvalue weighted by molar-refractivity contribution is 0.102. The van der Waals surface area contributed by atoms with Crippen molar-refractivity contribution in [3.63, 3.8) is 0 Å². The zero-order valence-electron chi connectivity index (χ0n) is 24.7. The number of benzene rings is 3. The molecule has 6 rings (SSSR count). The first-order valence-corrected chi connectivity index (χ1v) is 16.2. The Morgan fingerprint density at radius 3 is 2.58 bits per heavy atom. The van der Waals surface area contributed by atoms with Crippen molar-refractivity contribution in [2.75, 3.05) is 36.6 Å². The van der Waals surface area contributed by atoms with Gasteiger partial charge in [0.2, 0.25) is 0 Å². The minimum absolute atomic E-state index is 0.103. The number of nitrogen functional groups attached to an aromatic ring is 1. The molecule has 3 heterocycles. The first-order chi connectivity index (χ1) is 21.9. The number of carbonyl (C=O) groups excluding carboxylic acids is 2. The highest BCUT2D eigenvalue weighted by molar-refractivity contribution is 7.23. The van der Waals surface area contributed by atoms with Crippen molar-refractivity contribution >= 4 is 51.2 Å². The second kappa shape index (κ2) is 13.9. The summed E-state index contributed by atoms with van der Waals surface area (Å²) in [7, 11) is 1.56. The molecule has 1 saturated heterocycles. The summed E-state index contributed by atoms with van der Waals surface area (Å²) in [5.41, 5.74) is 10.3. The number of piperidine rings is 1. The van der Waals surface area contributed by atoms with Gasteiger partial charge >= 0.3 is 6.03 Å². The Morgan fingerprint density at radius 1 is 0.978 bits per heavy atom. The topological polar surface area (TPSA) is 134 Å². The highest BCUT2D eigenvalue weighted by atomic mass is 32.1. The fourth-order valence-corrected chi connectivity index (χ4v) is 6.98. The van der Waals surface area contributed by atoms with Crippen LogP contribution in [0.4, 0.5) is 21.4 Å². The molecule has 10 nitrogen and oxygen atoms in total. The number of amides is 3. The van der Waals surface area contributed by atoms with Crippen LogP contribution in [0.1, 0.15) is 28.8 Å². The maximum absolute atomic E-state index is 12.8. The molecule has 3 aromatic carbocycles. The van der Waals surface area contributed by atoms with Crippen LogP contribution in [0.25, 0.3) is 21.1 Å². The van der Waals surface area contributed by atoms with E-state index < -0.39 is 0 Å². The minimum atomic E-state index is -0.288. The van der Waals surface area contributed by atoms with Gasteiger partial charge in [0, 0.05) is 47.9 Å². The minimum Gasteiger partial charge on any atom is -0.497 e. The second-order valence-electron chi connectivity index (χ2n) is 10.7. The number of carbonyl (C=O) groups is 2. The van der Waals surface area contributed by atoms with Crippen LogP contribution < -0.4 is 26.4 Å². The van der Waals surface area contributed by atoms with E-state index in [9.17, 15) is 9.59 Å². The van der Waals surface area contributed by atoms with Crippen LogP contribution in [-0.2, 0) is 6.54 Å². The summed E-state index contributed by atoms with van der Waals surface area (Å²) in [5.74, 6) is 0.688. The van der Waals surface area contributed by atoms with Crippen LogP contribution in [0.3, 0.4) is 0 Å². The number of urea groups is 1. The van der Waals surface area contributed by atoms with Crippen LogP contribution in [-0.4, -0.2) is 53.0 Å². The van der Waals surface area contributed by atoms with Crippen molar-refractivity contribution < 1.29 is 14.3 Å². The number of nitrogens with two attached hydrogens (primary N) is 1. The number of ether oxygens (including phenoxy) is 1. The van der Waals surface area contributed by atoms with Gasteiger partial charge in [-0.1, -0.05) is 59.9 Å². The number of hydrogen-bond donors (Lipinski definition) is 4. The summed E-state index contributed by atoms with van der Waals surface area (Å²) in [6, 6.07) is 24.7. The van der Waals surface area contributed by atoms with Crippen LogP contribution >= 0.6 is 22.7 Å². The van der Waals surface area contributed by atoms with E-state index in [2.05, 4.69) is 50.1 Å². The van der Waals surface area contributed by atoms with Crippen LogP contribution in [0, 0.1) is 0 Å². The number of nitrogens with zero attached hydrogens (tertiary/aromatic N) is 3. The number of nitrogens with one attached hydrogen (secondary N) is 3. The monoisotopic (exact) mass is 639 g/mol. The smallest absolute Gasteiger partial charge is 0.321 e. The molecule has 1 aliphatic rings. The Hall–Kier alpha value is -4.78. The molecule has 0 aliphatic carbocycles.